The van der Waals surface area contributed by atoms with Gasteiger partial charge in [-0.25, -0.2) is 0 Å². The molecule has 4 heteroatoms. The van der Waals surface area contributed by atoms with E-state index in [9.17, 15) is 8.42 Å². The highest BCUT2D eigenvalue weighted by Gasteiger charge is 2.25. The van der Waals surface area contributed by atoms with Crippen molar-refractivity contribution in [1.29, 1.82) is 0 Å². The van der Waals surface area contributed by atoms with Crippen LogP contribution in [0.3, 0.4) is 0 Å². The lowest BCUT2D eigenvalue weighted by atomic mass is 9.85. The van der Waals surface area contributed by atoms with Gasteiger partial charge in [-0.3, -0.25) is 4.18 Å². The van der Waals surface area contributed by atoms with Crippen molar-refractivity contribution in [3.05, 3.63) is 54.1 Å². The van der Waals surface area contributed by atoms with E-state index in [1.807, 2.05) is 38.2 Å². The molecular formula is C15H18O3S. The highest BCUT2D eigenvalue weighted by molar-refractivity contribution is 7.86. The second-order valence-corrected chi connectivity index (χ2v) is 6.79. The molecule has 0 saturated carbocycles. The molecule has 2 rings (SSSR count). The predicted octanol–water partition coefficient (Wildman–Crippen LogP) is 3.22. The highest BCUT2D eigenvalue weighted by Crippen LogP contribution is 2.28. The quantitative estimate of drug-likeness (QED) is 0.794. The number of allylic oxidation sites excluding steroid dienone is 3. The molecule has 1 atom stereocenters. The Bertz CT molecular complexity index is 597. The summed E-state index contributed by atoms with van der Waals surface area (Å²) in [5.74, 6) is 0. The van der Waals surface area contributed by atoms with Gasteiger partial charge in [0.05, 0.1) is 11.5 Å². The molecule has 0 fully saturated rings. The van der Waals surface area contributed by atoms with Crippen molar-refractivity contribution in [2.75, 3.05) is 6.61 Å². The fraction of sp³-hybridized carbons (Fsp3) is 0.333. The molecule has 1 unspecified atom stereocenters. The van der Waals surface area contributed by atoms with Crippen LogP contribution in [0.15, 0.2) is 53.5 Å². The number of hydrogen-bond donors (Lipinski definition) is 0. The van der Waals surface area contributed by atoms with Gasteiger partial charge in [0, 0.05) is 5.41 Å². The molecule has 0 bridgehead atoms. The zero-order valence-corrected chi connectivity index (χ0v) is 12.0. The molecule has 0 saturated heterocycles. The molecule has 0 N–H and O–H groups in total. The average molecular weight is 278 g/mol. The first kappa shape index (κ1) is 14.0. The summed E-state index contributed by atoms with van der Waals surface area (Å²) >= 11 is 0. The van der Waals surface area contributed by atoms with Crippen molar-refractivity contribution in [1.82, 2.24) is 0 Å². The number of rotatable bonds is 4. The molecule has 19 heavy (non-hydrogen) atoms. The Morgan fingerprint density at radius 1 is 1.21 bits per heavy atom. The molecule has 1 aliphatic rings. The summed E-state index contributed by atoms with van der Waals surface area (Å²) in [6.45, 7) is 4.05. The minimum atomic E-state index is -3.67. The average Bonchev–Trinajstić information content (AvgIpc) is 2.38. The van der Waals surface area contributed by atoms with Gasteiger partial charge in [0.1, 0.15) is 0 Å². The van der Waals surface area contributed by atoms with Crippen LogP contribution in [0.2, 0.25) is 0 Å². The van der Waals surface area contributed by atoms with Crippen molar-refractivity contribution in [3.8, 4) is 0 Å². The molecule has 102 valence electrons. The van der Waals surface area contributed by atoms with Crippen LogP contribution >= 0.6 is 0 Å². The first-order chi connectivity index (χ1) is 8.91. The second-order valence-electron chi connectivity index (χ2n) is 5.17. The summed E-state index contributed by atoms with van der Waals surface area (Å²) in [7, 11) is -3.67. The second kappa shape index (κ2) is 5.31. The van der Waals surface area contributed by atoms with Crippen molar-refractivity contribution >= 4 is 10.1 Å². The molecule has 3 nitrogen and oxygen atoms in total. The molecular weight excluding hydrogens is 260 g/mol. The highest BCUT2D eigenvalue weighted by atomic mass is 32.2. The Morgan fingerprint density at radius 2 is 1.89 bits per heavy atom. The largest absolute Gasteiger partial charge is 0.297 e. The van der Waals surface area contributed by atoms with Crippen LogP contribution < -0.4 is 0 Å². The molecule has 1 aliphatic carbocycles. The molecule has 0 radical (unpaired) electrons. The van der Waals surface area contributed by atoms with Crippen LogP contribution in [0.5, 0.6) is 0 Å². The van der Waals surface area contributed by atoms with Gasteiger partial charge in [0.15, 0.2) is 0 Å². The van der Waals surface area contributed by atoms with Crippen LogP contribution in [0.4, 0.5) is 0 Å². The minimum absolute atomic E-state index is 0.157. The summed E-state index contributed by atoms with van der Waals surface area (Å²) in [6, 6.07) is 6.68. The van der Waals surface area contributed by atoms with Crippen LogP contribution in [0, 0.1) is 12.3 Å². The molecule has 0 spiro atoms. The van der Waals surface area contributed by atoms with Gasteiger partial charge in [-0.15, -0.1) is 0 Å². The van der Waals surface area contributed by atoms with Crippen molar-refractivity contribution in [2.45, 2.75) is 25.2 Å². The summed E-state index contributed by atoms with van der Waals surface area (Å²) in [6.07, 6.45) is 8.66. The Labute approximate surface area is 114 Å². The first-order valence-corrected chi connectivity index (χ1v) is 7.63. The van der Waals surface area contributed by atoms with Crippen LogP contribution in [-0.2, 0) is 14.3 Å². The van der Waals surface area contributed by atoms with Gasteiger partial charge < -0.3 is 0 Å². The third kappa shape index (κ3) is 3.55. The van der Waals surface area contributed by atoms with E-state index in [0.717, 1.165) is 12.0 Å². The molecule has 1 aromatic carbocycles. The Balaban J connectivity index is 2.08. The Hall–Kier alpha value is -1.39. The van der Waals surface area contributed by atoms with Crippen molar-refractivity contribution in [3.63, 3.8) is 0 Å². The maximum Gasteiger partial charge on any atom is 0.297 e. The topological polar surface area (TPSA) is 43.4 Å². The van der Waals surface area contributed by atoms with E-state index in [1.54, 1.807) is 24.3 Å². The standard InChI is InChI=1S/C15H18O3S/c1-13-6-8-14(9-7-13)19(16,17)18-12-15(2)10-4-3-5-11-15/h3-10H,11-12H2,1-2H3. The number of aryl methyl sites for hydroxylation is 1. The molecule has 0 amide bonds. The molecule has 0 heterocycles. The lowest BCUT2D eigenvalue weighted by Gasteiger charge is -2.25. The zero-order valence-electron chi connectivity index (χ0n) is 11.2. The van der Waals surface area contributed by atoms with Gasteiger partial charge in [-0.1, -0.05) is 48.9 Å². The summed E-state index contributed by atoms with van der Waals surface area (Å²) in [4.78, 5) is 0.206. The van der Waals surface area contributed by atoms with E-state index in [2.05, 4.69) is 0 Å². The maximum absolute atomic E-state index is 12.1. The van der Waals surface area contributed by atoms with E-state index < -0.39 is 10.1 Å². The van der Waals surface area contributed by atoms with E-state index in [0.29, 0.717) is 0 Å². The fourth-order valence-corrected chi connectivity index (χ4v) is 2.89. The Morgan fingerprint density at radius 3 is 2.47 bits per heavy atom. The van der Waals surface area contributed by atoms with Gasteiger partial charge in [-0.2, -0.15) is 8.42 Å². The lowest BCUT2D eigenvalue weighted by Crippen LogP contribution is -2.23. The normalized spacial score (nSPS) is 22.6. The zero-order chi connectivity index (χ0) is 13.9. The lowest BCUT2D eigenvalue weighted by molar-refractivity contribution is 0.212. The summed E-state index contributed by atoms with van der Waals surface area (Å²) in [5.41, 5.74) is 0.762. The monoisotopic (exact) mass is 278 g/mol. The fourth-order valence-electron chi connectivity index (χ4n) is 1.86. The van der Waals surface area contributed by atoms with Crippen LogP contribution in [0.1, 0.15) is 18.9 Å². The summed E-state index contributed by atoms with van der Waals surface area (Å²) < 4.78 is 29.3. The van der Waals surface area contributed by atoms with E-state index in [1.165, 1.54) is 0 Å². The van der Waals surface area contributed by atoms with Gasteiger partial charge in [0.2, 0.25) is 0 Å². The Kier molecular flexibility index (Phi) is 3.92. The maximum atomic E-state index is 12.1. The predicted molar refractivity (Wildman–Crippen MR) is 75.3 cm³/mol. The smallest absolute Gasteiger partial charge is 0.265 e. The first-order valence-electron chi connectivity index (χ1n) is 6.22. The number of benzene rings is 1. The van der Waals surface area contributed by atoms with E-state index >= 15 is 0 Å². The SMILES string of the molecule is Cc1ccc(S(=O)(=O)OCC2(C)C=CC=CC2)cc1. The van der Waals surface area contributed by atoms with Gasteiger partial charge in [0.25, 0.3) is 10.1 Å². The summed E-state index contributed by atoms with van der Waals surface area (Å²) in [5, 5.41) is 0. The van der Waals surface area contributed by atoms with E-state index in [4.69, 9.17) is 4.18 Å². The third-order valence-corrected chi connectivity index (χ3v) is 4.46. The minimum Gasteiger partial charge on any atom is -0.265 e. The van der Waals surface area contributed by atoms with E-state index in [-0.39, 0.29) is 16.9 Å². The molecule has 0 aromatic heterocycles. The molecule has 0 aliphatic heterocycles. The van der Waals surface area contributed by atoms with Gasteiger partial charge >= 0.3 is 0 Å². The van der Waals surface area contributed by atoms with Gasteiger partial charge in [-0.05, 0) is 25.5 Å². The van der Waals surface area contributed by atoms with Crippen molar-refractivity contribution in [2.24, 2.45) is 5.41 Å². The van der Waals surface area contributed by atoms with Crippen LogP contribution in [0.25, 0.3) is 0 Å². The van der Waals surface area contributed by atoms with Crippen molar-refractivity contribution < 1.29 is 12.6 Å². The van der Waals surface area contributed by atoms with Crippen LogP contribution in [-0.4, -0.2) is 15.0 Å². The number of hydrogen-bond acceptors (Lipinski definition) is 3. The third-order valence-electron chi connectivity index (χ3n) is 3.18. The molecule has 1 aromatic rings.